The summed E-state index contributed by atoms with van der Waals surface area (Å²) in [5.41, 5.74) is 1.43. The molecular formula is C21H19NO5. The number of rotatable bonds is 2. The molecule has 0 bridgehead atoms. The van der Waals surface area contributed by atoms with E-state index in [2.05, 4.69) is 4.90 Å². The van der Waals surface area contributed by atoms with E-state index in [-0.39, 0.29) is 11.5 Å². The number of nitrogens with zero attached hydrogens (tertiary/aromatic N) is 1. The van der Waals surface area contributed by atoms with Crippen LogP contribution in [-0.2, 0) is 6.54 Å². The molecule has 4 aromatic rings. The van der Waals surface area contributed by atoms with E-state index in [1.165, 1.54) is 18.6 Å². The van der Waals surface area contributed by atoms with Gasteiger partial charge in [-0.1, -0.05) is 6.42 Å². The van der Waals surface area contributed by atoms with Gasteiger partial charge in [0.15, 0.2) is 5.58 Å². The van der Waals surface area contributed by atoms with Crippen LogP contribution >= 0.6 is 0 Å². The predicted molar refractivity (Wildman–Crippen MR) is 102 cm³/mol. The Morgan fingerprint density at radius 2 is 1.70 bits per heavy atom. The summed E-state index contributed by atoms with van der Waals surface area (Å²) in [6.45, 7) is 2.49. The van der Waals surface area contributed by atoms with Gasteiger partial charge in [-0.2, -0.15) is 0 Å². The van der Waals surface area contributed by atoms with Crippen LogP contribution in [0.2, 0.25) is 0 Å². The second-order valence-electron chi connectivity index (χ2n) is 7.15. The van der Waals surface area contributed by atoms with Gasteiger partial charge < -0.3 is 19.0 Å². The second kappa shape index (κ2) is 6.03. The standard InChI is InChI=1S/C21H19NO5/c23-12-4-6-16-13(10-12)20-19(21(25)27-16)18-14(11-22-8-2-1-3-9-22)15(24)5-7-17(18)26-20/h4-7,10,23-24H,1-3,8-9,11H2. The monoisotopic (exact) mass is 365 g/mol. The molecule has 0 atom stereocenters. The largest absolute Gasteiger partial charge is 0.508 e. The number of benzene rings is 2. The van der Waals surface area contributed by atoms with Crippen LogP contribution in [0.4, 0.5) is 0 Å². The maximum Gasteiger partial charge on any atom is 0.348 e. The van der Waals surface area contributed by atoms with E-state index < -0.39 is 5.63 Å². The van der Waals surface area contributed by atoms with E-state index in [0.717, 1.165) is 25.9 Å². The van der Waals surface area contributed by atoms with Crippen molar-refractivity contribution in [1.82, 2.24) is 4.90 Å². The van der Waals surface area contributed by atoms with E-state index in [1.54, 1.807) is 18.2 Å². The minimum absolute atomic E-state index is 0.0643. The van der Waals surface area contributed by atoms with Gasteiger partial charge >= 0.3 is 5.63 Å². The van der Waals surface area contributed by atoms with Gasteiger partial charge in [-0.15, -0.1) is 0 Å². The third-order valence-electron chi connectivity index (χ3n) is 5.38. The lowest BCUT2D eigenvalue weighted by atomic mass is 10.0. The Labute approximate surface area is 154 Å². The molecule has 0 unspecified atom stereocenters. The van der Waals surface area contributed by atoms with Crippen molar-refractivity contribution in [1.29, 1.82) is 0 Å². The fourth-order valence-electron chi connectivity index (χ4n) is 4.07. The summed E-state index contributed by atoms with van der Waals surface area (Å²) >= 11 is 0. The summed E-state index contributed by atoms with van der Waals surface area (Å²) in [6, 6.07) is 7.80. The lowest BCUT2D eigenvalue weighted by molar-refractivity contribution is 0.219. The fraction of sp³-hybridized carbons (Fsp3) is 0.286. The molecule has 0 saturated carbocycles. The minimum Gasteiger partial charge on any atom is -0.508 e. The Kier molecular flexibility index (Phi) is 3.62. The van der Waals surface area contributed by atoms with Crippen LogP contribution in [-0.4, -0.2) is 28.2 Å². The number of hydrogen-bond acceptors (Lipinski definition) is 6. The van der Waals surface area contributed by atoms with E-state index in [4.69, 9.17) is 8.83 Å². The van der Waals surface area contributed by atoms with Crippen LogP contribution < -0.4 is 5.63 Å². The van der Waals surface area contributed by atoms with Crippen molar-refractivity contribution in [3.8, 4) is 11.5 Å². The van der Waals surface area contributed by atoms with Crippen molar-refractivity contribution >= 4 is 32.9 Å². The molecule has 2 aromatic heterocycles. The van der Waals surface area contributed by atoms with Gasteiger partial charge in [0.1, 0.15) is 28.1 Å². The third-order valence-corrected chi connectivity index (χ3v) is 5.38. The van der Waals surface area contributed by atoms with Crippen molar-refractivity contribution in [3.63, 3.8) is 0 Å². The summed E-state index contributed by atoms with van der Waals surface area (Å²) in [6.07, 6.45) is 3.49. The van der Waals surface area contributed by atoms with Crippen molar-refractivity contribution < 1.29 is 19.0 Å². The van der Waals surface area contributed by atoms with Crippen molar-refractivity contribution in [2.24, 2.45) is 0 Å². The number of furan rings is 1. The first-order valence-electron chi connectivity index (χ1n) is 9.17. The molecule has 27 heavy (non-hydrogen) atoms. The number of hydrogen-bond donors (Lipinski definition) is 2. The predicted octanol–water partition coefficient (Wildman–Crippen LogP) is 4.09. The SMILES string of the molecule is O=c1oc2ccc(O)cc2c2oc3ccc(O)c(CN4CCCCC4)c3c12. The van der Waals surface area contributed by atoms with Gasteiger partial charge in [-0.25, -0.2) is 4.79 Å². The average molecular weight is 365 g/mol. The molecule has 1 aliphatic rings. The Bertz CT molecular complexity index is 1230. The first-order chi connectivity index (χ1) is 13.1. The zero-order valence-electron chi connectivity index (χ0n) is 14.7. The Balaban J connectivity index is 1.82. The second-order valence-corrected chi connectivity index (χ2v) is 7.15. The average Bonchev–Trinajstić information content (AvgIpc) is 3.06. The molecule has 6 nitrogen and oxygen atoms in total. The van der Waals surface area contributed by atoms with Crippen LogP contribution in [0.1, 0.15) is 24.8 Å². The van der Waals surface area contributed by atoms with Crippen LogP contribution in [0.5, 0.6) is 11.5 Å². The lowest BCUT2D eigenvalue weighted by Gasteiger charge is -2.26. The molecule has 0 radical (unpaired) electrons. The number of likely N-dealkylation sites (tertiary alicyclic amines) is 1. The Hall–Kier alpha value is -2.99. The summed E-state index contributed by atoms with van der Waals surface area (Å²) in [4.78, 5) is 15.0. The molecule has 3 heterocycles. The van der Waals surface area contributed by atoms with Gasteiger partial charge in [0.2, 0.25) is 0 Å². The molecule has 1 aliphatic heterocycles. The molecule has 5 rings (SSSR count). The molecule has 1 fully saturated rings. The summed E-state index contributed by atoms with van der Waals surface area (Å²) in [5, 5.41) is 21.8. The van der Waals surface area contributed by atoms with Crippen molar-refractivity contribution in [2.45, 2.75) is 25.8 Å². The lowest BCUT2D eigenvalue weighted by Crippen LogP contribution is -2.29. The van der Waals surface area contributed by atoms with Gasteiger partial charge in [0.05, 0.1) is 5.39 Å². The Morgan fingerprint density at radius 1 is 0.926 bits per heavy atom. The van der Waals surface area contributed by atoms with Gasteiger partial charge in [-0.3, -0.25) is 4.90 Å². The summed E-state index contributed by atoms with van der Waals surface area (Å²) in [5.74, 6) is 0.209. The highest BCUT2D eigenvalue weighted by Gasteiger charge is 2.22. The number of piperidine rings is 1. The number of fused-ring (bicyclic) bond motifs is 5. The molecule has 0 spiro atoms. The number of phenolic OH excluding ortho intramolecular Hbond substituents is 2. The molecule has 2 aromatic carbocycles. The van der Waals surface area contributed by atoms with Crippen molar-refractivity contribution in [3.05, 3.63) is 46.3 Å². The smallest absolute Gasteiger partial charge is 0.348 e. The quantitative estimate of drug-likeness (QED) is 0.520. The number of aromatic hydroxyl groups is 2. The van der Waals surface area contributed by atoms with Crippen LogP contribution in [0.25, 0.3) is 32.9 Å². The van der Waals surface area contributed by atoms with Gasteiger partial charge in [0, 0.05) is 17.5 Å². The zero-order valence-corrected chi connectivity index (χ0v) is 14.7. The third kappa shape index (κ3) is 2.56. The van der Waals surface area contributed by atoms with E-state index >= 15 is 0 Å². The maximum atomic E-state index is 12.7. The maximum absolute atomic E-state index is 12.7. The van der Waals surface area contributed by atoms with Crippen LogP contribution in [0.15, 0.2) is 44.0 Å². The van der Waals surface area contributed by atoms with Crippen LogP contribution in [0, 0.1) is 0 Å². The summed E-state index contributed by atoms with van der Waals surface area (Å²) in [7, 11) is 0. The topological polar surface area (TPSA) is 87.0 Å². The van der Waals surface area contributed by atoms with Crippen molar-refractivity contribution in [2.75, 3.05) is 13.1 Å². The summed E-state index contributed by atoms with van der Waals surface area (Å²) < 4.78 is 11.4. The molecular weight excluding hydrogens is 346 g/mol. The van der Waals surface area contributed by atoms with E-state index in [9.17, 15) is 15.0 Å². The van der Waals surface area contributed by atoms with E-state index in [1.807, 2.05) is 0 Å². The minimum atomic E-state index is -0.507. The molecule has 1 saturated heterocycles. The fourth-order valence-corrected chi connectivity index (χ4v) is 4.07. The zero-order chi connectivity index (χ0) is 18.5. The highest BCUT2D eigenvalue weighted by Crippen LogP contribution is 2.38. The van der Waals surface area contributed by atoms with Crippen LogP contribution in [0.3, 0.4) is 0 Å². The van der Waals surface area contributed by atoms with Gasteiger partial charge in [-0.05, 0) is 56.3 Å². The Morgan fingerprint density at radius 3 is 2.52 bits per heavy atom. The molecule has 138 valence electrons. The van der Waals surface area contributed by atoms with Gasteiger partial charge in [0.25, 0.3) is 0 Å². The molecule has 0 aliphatic carbocycles. The first-order valence-corrected chi connectivity index (χ1v) is 9.17. The normalized spacial score (nSPS) is 15.9. The van der Waals surface area contributed by atoms with E-state index in [0.29, 0.717) is 45.0 Å². The highest BCUT2D eigenvalue weighted by molar-refractivity contribution is 6.14. The molecule has 2 N–H and O–H groups in total. The highest BCUT2D eigenvalue weighted by atomic mass is 16.4. The first kappa shape index (κ1) is 16.2. The number of phenols is 2. The molecule has 0 amide bonds. The molecule has 6 heteroatoms.